The van der Waals surface area contributed by atoms with E-state index in [9.17, 15) is 0 Å². The maximum atomic E-state index is 8.59. The van der Waals surface area contributed by atoms with Crippen LogP contribution in [0.2, 0.25) is 0 Å². The second-order valence-corrected chi connectivity index (χ2v) is 2.08. The van der Waals surface area contributed by atoms with Crippen molar-refractivity contribution in [2.45, 2.75) is 6.92 Å². The molecule has 0 aliphatic heterocycles. The van der Waals surface area contributed by atoms with Crippen molar-refractivity contribution in [1.29, 1.82) is 5.26 Å². The zero-order valence-corrected chi connectivity index (χ0v) is 6.20. The van der Waals surface area contributed by atoms with Crippen LogP contribution in [0, 0.1) is 18.3 Å². The topological polar surface area (TPSA) is 67.6 Å². The molecule has 1 aromatic rings. The van der Waals surface area contributed by atoms with Gasteiger partial charge in [-0.1, -0.05) is 6.58 Å². The molecular weight excluding hydrogens is 140 g/mol. The lowest BCUT2D eigenvalue weighted by Gasteiger charge is -1.91. The van der Waals surface area contributed by atoms with Crippen LogP contribution in [0.5, 0.6) is 0 Å². The average molecular weight is 148 g/mol. The van der Waals surface area contributed by atoms with Gasteiger partial charge in [0, 0.05) is 6.20 Å². The van der Waals surface area contributed by atoms with E-state index in [1.807, 2.05) is 6.07 Å². The number of nitrogens with two attached hydrogens (primary N) is 1. The standard InChI is InChI=1S/C7H8N4/c1-3-11-7(9)6(4-8)5(2)10-11/h3H,1,9H2,2H3. The summed E-state index contributed by atoms with van der Waals surface area (Å²) in [6.07, 6.45) is 1.46. The Labute approximate surface area is 64.5 Å². The van der Waals surface area contributed by atoms with E-state index in [0.717, 1.165) is 0 Å². The monoisotopic (exact) mass is 148 g/mol. The molecule has 0 radical (unpaired) electrons. The minimum atomic E-state index is 0.347. The molecule has 0 spiro atoms. The zero-order chi connectivity index (χ0) is 8.43. The van der Waals surface area contributed by atoms with Crippen molar-refractivity contribution in [2.75, 3.05) is 5.73 Å². The second kappa shape index (κ2) is 2.46. The van der Waals surface area contributed by atoms with Crippen LogP contribution in [-0.4, -0.2) is 9.78 Å². The number of anilines is 1. The van der Waals surface area contributed by atoms with Crippen LogP contribution in [-0.2, 0) is 0 Å². The van der Waals surface area contributed by atoms with Gasteiger partial charge in [-0.25, -0.2) is 4.68 Å². The molecule has 0 fully saturated rings. The predicted molar refractivity (Wildman–Crippen MR) is 42.5 cm³/mol. The maximum absolute atomic E-state index is 8.59. The number of rotatable bonds is 1. The van der Waals surface area contributed by atoms with E-state index < -0.39 is 0 Å². The predicted octanol–water partition coefficient (Wildman–Crippen LogP) is 0.746. The largest absolute Gasteiger partial charge is 0.382 e. The molecule has 11 heavy (non-hydrogen) atoms. The smallest absolute Gasteiger partial charge is 0.144 e. The number of aryl methyl sites for hydroxylation is 1. The van der Waals surface area contributed by atoms with Gasteiger partial charge in [0.15, 0.2) is 0 Å². The highest BCUT2D eigenvalue weighted by Crippen LogP contribution is 2.13. The van der Waals surface area contributed by atoms with Gasteiger partial charge in [-0.3, -0.25) is 0 Å². The van der Waals surface area contributed by atoms with Crippen LogP contribution in [0.25, 0.3) is 6.20 Å². The molecule has 0 saturated carbocycles. The quantitative estimate of drug-likeness (QED) is 0.638. The number of nitriles is 1. The highest BCUT2D eigenvalue weighted by atomic mass is 15.3. The third-order valence-electron chi connectivity index (χ3n) is 1.41. The molecule has 0 aromatic carbocycles. The first kappa shape index (κ1) is 7.35. The first-order chi connectivity index (χ1) is 5.20. The summed E-state index contributed by atoms with van der Waals surface area (Å²) in [6, 6.07) is 1.96. The Morgan fingerprint density at radius 3 is 2.73 bits per heavy atom. The Hall–Kier alpha value is -1.76. The van der Waals surface area contributed by atoms with Gasteiger partial charge >= 0.3 is 0 Å². The van der Waals surface area contributed by atoms with Crippen LogP contribution in [0.4, 0.5) is 5.82 Å². The van der Waals surface area contributed by atoms with Gasteiger partial charge in [-0.15, -0.1) is 0 Å². The number of nitrogens with zero attached hydrogens (tertiary/aromatic N) is 3. The van der Waals surface area contributed by atoms with Gasteiger partial charge < -0.3 is 5.73 Å². The first-order valence-electron chi connectivity index (χ1n) is 3.08. The van der Waals surface area contributed by atoms with E-state index in [-0.39, 0.29) is 0 Å². The summed E-state index contributed by atoms with van der Waals surface area (Å²) in [5.74, 6) is 0.347. The van der Waals surface area contributed by atoms with Crippen LogP contribution >= 0.6 is 0 Å². The van der Waals surface area contributed by atoms with E-state index in [1.54, 1.807) is 6.92 Å². The van der Waals surface area contributed by atoms with Crippen LogP contribution in [0.1, 0.15) is 11.3 Å². The molecule has 0 aliphatic carbocycles. The van der Waals surface area contributed by atoms with Gasteiger partial charge in [-0.05, 0) is 6.92 Å². The van der Waals surface area contributed by atoms with E-state index in [2.05, 4.69) is 11.7 Å². The van der Waals surface area contributed by atoms with Crippen molar-refractivity contribution in [3.63, 3.8) is 0 Å². The molecular formula is C7H8N4. The molecule has 4 heteroatoms. The summed E-state index contributed by atoms with van der Waals surface area (Å²) in [5.41, 5.74) is 6.58. The van der Waals surface area contributed by atoms with Gasteiger partial charge in [0.1, 0.15) is 17.5 Å². The molecule has 56 valence electrons. The van der Waals surface area contributed by atoms with E-state index in [0.29, 0.717) is 17.1 Å². The third-order valence-corrected chi connectivity index (χ3v) is 1.41. The summed E-state index contributed by atoms with van der Waals surface area (Å²) < 4.78 is 1.38. The summed E-state index contributed by atoms with van der Waals surface area (Å²) in [5, 5.41) is 12.5. The van der Waals surface area contributed by atoms with Crippen molar-refractivity contribution < 1.29 is 0 Å². The van der Waals surface area contributed by atoms with Crippen molar-refractivity contribution in [3.8, 4) is 6.07 Å². The Kier molecular flexibility index (Phi) is 1.65. The zero-order valence-electron chi connectivity index (χ0n) is 6.20. The molecule has 0 aliphatic rings. The summed E-state index contributed by atoms with van der Waals surface area (Å²) >= 11 is 0. The molecule has 4 nitrogen and oxygen atoms in total. The highest BCUT2D eigenvalue weighted by Gasteiger charge is 2.08. The van der Waals surface area contributed by atoms with Gasteiger partial charge in [-0.2, -0.15) is 10.4 Å². The Bertz CT molecular complexity index is 329. The fraction of sp³-hybridized carbons (Fsp3) is 0.143. The molecule has 1 aromatic heterocycles. The van der Waals surface area contributed by atoms with E-state index in [4.69, 9.17) is 11.0 Å². The van der Waals surface area contributed by atoms with Crippen LogP contribution < -0.4 is 5.73 Å². The van der Waals surface area contributed by atoms with Gasteiger partial charge in [0.25, 0.3) is 0 Å². The highest BCUT2D eigenvalue weighted by molar-refractivity contribution is 5.54. The molecule has 0 atom stereocenters. The Morgan fingerprint density at radius 1 is 1.82 bits per heavy atom. The Balaban J connectivity index is 3.39. The third kappa shape index (κ3) is 0.964. The second-order valence-electron chi connectivity index (χ2n) is 2.08. The van der Waals surface area contributed by atoms with Crippen molar-refractivity contribution in [1.82, 2.24) is 9.78 Å². The molecule has 0 amide bonds. The lowest BCUT2D eigenvalue weighted by atomic mass is 10.3. The maximum Gasteiger partial charge on any atom is 0.144 e. The minimum absolute atomic E-state index is 0.347. The minimum Gasteiger partial charge on any atom is -0.382 e. The summed E-state index contributed by atoms with van der Waals surface area (Å²) in [6.45, 7) is 5.22. The van der Waals surface area contributed by atoms with Crippen LogP contribution in [0.15, 0.2) is 6.58 Å². The van der Waals surface area contributed by atoms with Gasteiger partial charge in [0.05, 0.1) is 5.69 Å². The normalized spacial score (nSPS) is 9.09. The first-order valence-corrected chi connectivity index (χ1v) is 3.08. The summed E-state index contributed by atoms with van der Waals surface area (Å²) in [7, 11) is 0. The van der Waals surface area contributed by atoms with E-state index in [1.165, 1.54) is 10.9 Å². The number of hydrogen-bond acceptors (Lipinski definition) is 3. The van der Waals surface area contributed by atoms with Crippen molar-refractivity contribution >= 4 is 12.0 Å². The number of nitrogen functional groups attached to an aromatic ring is 1. The molecule has 0 unspecified atom stereocenters. The van der Waals surface area contributed by atoms with Crippen molar-refractivity contribution in [3.05, 3.63) is 17.8 Å². The molecule has 1 heterocycles. The molecule has 2 N–H and O–H groups in total. The fourth-order valence-electron chi connectivity index (χ4n) is 0.843. The van der Waals surface area contributed by atoms with E-state index >= 15 is 0 Å². The number of aromatic nitrogens is 2. The number of hydrogen-bond donors (Lipinski definition) is 1. The molecule has 0 saturated heterocycles. The fourth-order valence-corrected chi connectivity index (χ4v) is 0.843. The van der Waals surface area contributed by atoms with Gasteiger partial charge in [0.2, 0.25) is 0 Å². The average Bonchev–Trinajstić information content (AvgIpc) is 2.26. The lowest BCUT2D eigenvalue weighted by Crippen LogP contribution is -1.96. The molecule has 1 rings (SSSR count). The summed E-state index contributed by atoms with van der Waals surface area (Å²) in [4.78, 5) is 0. The lowest BCUT2D eigenvalue weighted by molar-refractivity contribution is 0.922. The van der Waals surface area contributed by atoms with Crippen molar-refractivity contribution in [2.24, 2.45) is 0 Å². The SMILES string of the molecule is C=Cn1nc(C)c(C#N)c1N. The van der Waals surface area contributed by atoms with Crippen LogP contribution in [0.3, 0.4) is 0 Å². The Morgan fingerprint density at radius 2 is 2.45 bits per heavy atom. The molecule has 0 bridgehead atoms.